The minimum atomic E-state index is 0.576. The molecular formula is C16H24N2. The van der Waals surface area contributed by atoms with Gasteiger partial charge in [0.1, 0.15) is 0 Å². The Hall–Kier alpha value is -1.54. The molecule has 0 aliphatic carbocycles. The first-order chi connectivity index (χ1) is 8.77. The van der Waals surface area contributed by atoms with Gasteiger partial charge in [-0.15, -0.1) is 0 Å². The molecule has 18 heavy (non-hydrogen) atoms. The predicted molar refractivity (Wildman–Crippen MR) is 79.9 cm³/mol. The lowest BCUT2D eigenvalue weighted by Crippen LogP contribution is -2.17. The summed E-state index contributed by atoms with van der Waals surface area (Å²) >= 11 is 0. The minimum absolute atomic E-state index is 0.576. The molecular weight excluding hydrogens is 220 g/mol. The van der Waals surface area contributed by atoms with Crippen LogP contribution in [-0.4, -0.2) is 18.0 Å². The topological polar surface area (TPSA) is 29.3 Å². The zero-order chi connectivity index (χ0) is 13.2. The van der Waals surface area contributed by atoms with Crippen LogP contribution in [0.4, 0.5) is 0 Å². The number of nitrogens with zero attached hydrogens (tertiary/aromatic N) is 1. The van der Waals surface area contributed by atoms with Gasteiger partial charge in [-0.25, -0.2) is 0 Å². The van der Waals surface area contributed by atoms with Gasteiger partial charge in [0.15, 0.2) is 0 Å². The average Bonchev–Trinajstić information content (AvgIpc) is 2.41. The van der Waals surface area contributed by atoms with Crippen LogP contribution in [0.1, 0.15) is 26.7 Å². The SMILES string of the molecule is C/C=C\C=C(/C)N1/C=C/C(CN)=C\C=C\CCC1. The predicted octanol–water partition coefficient (Wildman–Crippen LogP) is 3.52. The average molecular weight is 244 g/mol. The molecule has 0 aromatic heterocycles. The summed E-state index contributed by atoms with van der Waals surface area (Å²) in [6, 6.07) is 0. The molecule has 0 unspecified atom stereocenters. The lowest BCUT2D eigenvalue weighted by Gasteiger charge is -2.21. The number of nitrogens with two attached hydrogens (primary N) is 1. The van der Waals surface area contributed by atoms with Gasteiger partial charge >= 0.3 is 0 Å². The fourth-order valence-corrected chi connectivity index (χ4v) is 1.74. The first-order valence-electron chi connectivity index (χ1n) is 6.58. The second-order valence-electron chi connectivity index (χ2n) is 4.36. The van der Waals surface area contributed by atoms with Crippen LogP contribution in [0.15, 0.2) is 60.0 Å². The third-order valence-corrected chi connectivity index (χ3v) is 2.90. The maximum atomic E-state index is 5.72. The van der Waals surface area contributed by atoms with Gasteiger partial charge < -0.3 is 10.6 Å². The minimum Gasteiger partial charge on any atom is -0.352 e. The highest BCUT2D eigenvalue weighted by Gasteiger charge is 2.01. The molecule has 0 atom stereocenters. The molecule has 1 heterocycles. The summed E-state index contributed by atoms with van der Waals surface area (Å²) in [5.74, 6) is 0. The van der Waals surface area contributed by atoms with E-state index in [-0.39, 0.29) is 0 Å². The molecule has 0 amide bonds. The molecule has 0 saturated heterocycles. The summed E-state index contributed by atoms with van der Waals surface area (Å²) in [7, 11) is 0. The molecule has 2 N–H and O–H groups in total. The van der Waals surface area contributed by atoms with Gasteiger partial charge in [0, 0.05) is 25.0 Å². The van der Waals surface area contributed by atoms with Crippen molar-refractivity contribution >= 4 is 0 Å². The van der Waals surface area contributed by atoms with Crippen LogP contribution in [0.3, 0.4) is 0 Å². The zero-order valence-electron chi connectivity index (χ0n) is 11.5. The van der Waals surface area contributed by atoms with Crippen molar-refractivity contribution in [3.05, 3.63) is 60.0 Å². The highest BCUT2D eigenvalue weighted by Crippen LogP contribution is 2.10. The highest BCUT2D eigenvalue weighted by atomic mass is 15.1. The van der Waals surface area contributed by atoms with Crippen molar-refractivity contribution in [3.63, 3.8) is 0 Å². The normalized spacial score (nSPS) is 24.7. The van der Waals surface area contributed by atoms with Crippen molar-refractivity contribution in [2.75, 3.05) is 13.1 Å². The smallest absolute Gasteiger partial charge is 0.0225 e. The first kappa shape index (κ1) is 14.5. The Labute approximate surface area is 111 Å². The molecule has 0 bridgehead atoms. The van der Waals surface area contributed by atoms with E-state index in [1.807, 2.05) is 13.0 Å². The van der Waals surface area contributed by atoms with Crippen molar-refractivity contribution < 1.29 is 0 Å². The van der Waals surface area contributed by atoms with Crippen molar-refractivity contribution in [1.82, 2.24) is 4.90 Å². The quantitative estimate of drug-likeness (QED) is 0.770. The van der Waals surface area contributed by atoms with Crippen molar-refractivity contribution in [2.24, 2.45) is 5.73 Å². The van der Waals surface area contributed by atoms with Gasteiger partial charge in [0.2, 0.25) is 0 Å². The second kappa shape index (κ2) is 8.54. The molecule has 0 aromatic rings. The van der Waals surface area contributed by atoms with E-state index in [0.717, 1.165) is 25.0 Å². The van der Waals surface area contributed by atoms with E-state index in [1.54, 1.807) is 0 Å². The Morgan fingerprint density at radius 3 is 3.06 bits per heavy atom. The van der Waals surface area contributed by atoms with Crippen LogP contribution in [0.2, 0.25) is 0 Å². The first-order valence-corrected chi connectivity index (χ1v) is 6.58. The molecule has 1 aliphatic rings. The van der Waals surface area contributed by atoms with Crippen LogP contribution in [0.25, 0.3) is 0 Å². The van der Waals surface area contributed by atoms with Crippen molar-refractivity contribution in [2.45, 2.75) is 26.7 Å². The van der Waals surface area contributed by atoms with Crippen LogP contribution < -0.4 is 5.73 Å². The summed E-state index contributed by atoms with van der Waals surface area (Å²) < 4.78 is 0. The fourth-order valence-electron chi connectivity index (χ4n) is 1.74. The third kappa shape index (κ3) is 5.19. The number of allylic oxidation sites excluding steroid dienone is 7. The van der Waals surface area contributed by atoms with Gasteiger partial charge in [-0.1, -0.05) is 30.4 Å². The zero-order valence-corrected chi connectivity index (χ0v) is 11.5. The van der Waals surface area contributed by atoms with Crippen LogP contribution in [0.5, 0.6) is 0 Å². The summed E-state index contributed by atoms with van der Waals surface area (Å²) in [6.07, 6.45) is 19.1. The molecule has 0 radical (unpaired) electrons. The summed E-state index contributed by atoms with van der Waals surface area (Å²) in [4.78, 5) is 2.28. The Bertz CT molecular complexity index is 384. The Kier molecular flexibility index (Phi) is 6.89. The molecule has 2 heteroatoms. The van der Waals surface area contributed by atoms with Gasteiger partial charge in [-0.2, -0.15) is 0 Å². The summed E-state index contributed by atoms with van der Waals surface area (Å²) in [5, 5.41) is 0. The number of rotatable bonds is 3. The van der Waals surface area contributed by atoms with Gasteiger partial charge in [-0.3, -0.25) is 0 Å². The monoisotopic (exact) mass is 244 g/mol. The number of hydrogen-bond acceptors (Lipinski definition) is 2. The summed E-state index contributed by atoms with van der Waals surface area (Å²) in [6.45, 7) is 5.78. The highest BCUT2D eigenvalue weighted by molar-refractivity contribution is 5.26. The molecule has 0 saturated carbocycles. The van der Waals surface area contributed by atoms with Gasteiger partial charge in [-0.05, 0) is 44.4 Å². The van der Waals surface area contributed by atoms with E-state index in [1.165, 1.54) is 5.70 Å². The molecule has 2 nitrogen and oxygen atoms in total. The lowest BCUT2D eigenvalue weighted by molar-refractivity contribution is 0.454. The summed E-state index contributed by atoms with van der Waals surface area (Å²) in [5.41, 5.74) is 8.12. The van der Waals surface area contributed by atoms with E-state index < -0.39 is 0 Å². The standard InChI is InChI=1S/C16H24N2/c1-3-4-9-15(2)18-12-8-6-5-7-10-16(14-17)11-13-18/h3-5,7,9-11,13H,6,8,12,14,17H2,1-2H3/b4-3-,7-5+,13-11+,15-9+,16-10+. The maximum Gasteiger partial charge on any atom is 0.0225 e. The largest absolute Gasteiger partial charge is 0.352 e. The molecule has 1 aliphatic heterocycles. The molecule has 0 fully saturated rings. The maximum absolute atomic E-state index is 5.72. The molecule has 0 aromatic carbocycles. The van der Waals surface area contributed by atoms with Crippen LogP contribution in [0, 0.1) is 0 Å². The van der Waals surface area contributed by atoms with Gasteiger partial charge in [0.05, 0.1) is 0 Å². The van der Waals surface area contributed by atoms with E-state index in [0.29, 0.717) is 6.54 Å². The third-order valence-electron chi connectivity index (χ3n) is 2.90. The van der Waals surface area contributed by atoms with Crippen LogP contribution in [-0.2, 0) is 0 Å². The lowest BCUT2D eigenvalue weighted by atomic mass is 10.2. The molecule has 1 rings (SSSR count). The fraction of sp³-hybridized carbons (Fsp3) is 0.375. The number of hydrogen-bond donors (Lipinski definition) is 1. The van der Waals surface area contributed by atoms with E-state index >= 15 is 0 Å². The molecule has 0 spiro atoms. The Morgan fingerprint density at radius 1 is 1.50 bits per heavy atom. The van der Waals surface area contributed by atoms with E-state index in [4.69, 9.17) is 5.73 Å². The van der Waals surface area contributed by atoms with Gasteiger partial charge in [0.25, 0.3) is 0 Å². The Balaban J connectivity index is 2.85. The second-order valence-corrected chi connectivity index (χ2v) is 4.36. The van der Waals surface area contributed by atoms with E-state index in [2.05, 4.69) is 54.5 Å². The van der Waals surface area contributed by atoms with Crippen molar-refractivity contribution in [1.29, 1.82) is 0 Å². The Morgan fingerprint density at radius 2 is 2.33 bits per heavy atom. The molecule has 98 valence electrons. The van der Waals surface area contributed by atoms with Crippen molar-refractivity contribution in [3.8, 4) is 0 Å². The van der Waals surface area contributed by atoms with E-state index in [9.17, 15) is 0 Å². The van der Waals surface area contributed by atoms with Crippen LogP contribution >= 0.6 is 0 Å².